The summed E-state index contributed by atoms with van der Waals surface area (Å²) in [6, 6.07) is 13.8. The minimum atomic E-state index is -0.850. The van der Waals surface area contributed by atoms with Crippen LogP contribution in [-0.4, -0.2) is 27.6 Å². The van der Waals surface area contributed by atoms with E-state index >= 15 is 0 Å². The summed E-state index contributed by atoms with van der Waals surface area (Å²) in [7, 11) is 1.34. The molecule has 2 aromatic carbocycles. The van der Waals surface area contributed by atoms with Gasteiger partial charge in [0.05, 0.1) is 35.7 Å². The van der Waals surface area contributed by atoms with Gasteiger partial charge in [-0.15, -0.1) is 0 Å². The monoisotopic (exact) mass is 435 g/mol. The third-order valence-electron chi connectivity index (χ3n) is 4.78. The van der Waals surface area contributed by atoms with Crippen LogP contribution in [0.3, 0.4) is 0 Å². The molecule has 0 saturated carbocycles. The first-order valence-electron chi connectivity index (χ1n) is 9.48. The molecule has 2 heterocycles. The van der Waals surface area contributed by atoms with E-state index in [2.05, 4.69) is 4.98 Å². The fourth-order valence-corrected chi connectivity index (χ4v) is 3.22. The number of nitro groups is 1. The van der Waals surface area contributed by atoms with E-state index in [9.17, 15) is 19.7 Å². The van der Waals surface area contributed by atoms with E-state index in [0.29, 0.717) is 16.7 Å². The number of hydrogen-bond acceptors (Lipinski definition) is 8. The molecule has 32 heavy (non-hydrogen) atoms. The number of aromatic nitrogens is 2. The maximum Gasteiger partial charge on any atom is 0.342 e. The first-order chi connectivity index (χ1) is 15.5. The molecule has 0 aliphatic carbocycles. The van der Waals surface area contributed by atoms with Crippen molar-refractivity contribution in [1.82, 2.24) is 9.55 Å². The van der Waals surface area contributed by atoms with Gasteiger partial charge >= 0.3 is 5.97 Å². The van der Waals surface area contributed by atoms with Crippen molar-refractivity contribution < 1.29 is 23.6 Å². The summed E-state index contributed by atoms with van der Waals surface area (Å²) < 4.78 is 17.2. The molecule has 0 atom stereocenters. The maximum atomic E-state index is 13.1. The topological polar surface area (TPSA) is 127 Å². The zero-order valence-electron chi connectivity index (χ0n) is 16.9. The zero-order chi connectivity index (χ0) is 22.7. The quantitative estimate of drug-likeness (QED) is 0.246. The molecule has 0 unspecified atom stereocenters. The van der Waals surface area contributed by atoms with Crippen LogP contribution in [0.5, 0.6) is 5.75 Å². The number of carbonyl (C=O) groups is 1. The Hall–Kier alpha value is -4.47. The van der Waals surface area contributed by atoms with Gasteiger partial charge in [-0.2, -0.15) is 0 Å². The summed E-state index contributed by atoms with van der Waals surface area (Å²) in [6.45, 7) is -0.248. The van der Waals surface area contributed by atoms with Crippen LogP contribution in [-0.2, 0) is 17.9 Å². The fourth-order valence-electron chi connectivity index (χ4n) is 3.22. The Morgan fingerprint density at radius 1 is 1.19 bits per heavy atom. The highest BCUT2D eigenvalue weighted by Crippen LogP contribution is 2.25. The van der Waals surface area contributed by atoms with Crippen molar-refractivity contribution >= 4 is 22.6 Å². The predicted octanol–water partition coefficient (Wildman–Crippen LogP) is 3.31. The summed E-state index contributed by atoms with van der Waals surface area (Å²) in [5.41, 5.74) is -0.253. The molecule has 4 rings (SSSR count). The van der Waals surface area contributed by atoms with Gasteiger partial charge in [0.1, 0.15) is 23.7 Å². The van der Waals surface area contributed by atoms with Gasteiger partial charge in [-0.1, -0.05) is 12.1 Å². The van der Waals surface area contributed by atoms with Crippen molar-refractivity contribution in [2.75, 3.05) is 7.11 Å². The molecule has 0 aliphatic heterocycles. The van der Waals surface area contributed by atoms with Crippen molar-refractivity contribution in [2.45, 2.75) is 13.2 Å². The predicted molar refractivity (Wildman–Crippen MR) is 113 cm³/mol. The van der Waals surface area contributed by atoms with Crippen LogP contribution in [0.15, 0.2) is 70.1 Å². The number of nitro benzene ring substituents is 1. The summed E-state index contributed by atoms with van der Waals surface area (Å²) in [4.78, 5) is 40.7. The second kappa shape index (κ2) is 8.72. The zero-order valence-corrected chi connectivity index (χ0v) is 16.9. The number of furan rings is 1. The fraction of sp³-hybridized carbons (Fsp3) is 0.136. The summed E-state index contributed by atoms with van der Waals surface area (Å²) in [6.07, 6.45) is 1.49. The molecule has 0 saturated heterocycles. The molecule has 0 N–H and O–H groups in total. The Bertz CT molecular complexity index is 1360. The minimum Gasteiger partial charge on any atom is -0.496 e. The number of methoxy groups -OCH3 is 1. The van der Waals surface area contributed by atoms with Crippen LogP contribution in [0.4, 0.5) is 5.69 Å². The van der Waals surface area contributed by atoms with Gasteiger partial charge in [0, 0.05) is 12.1 Å². The SMILES string of the molecule is COc1ccc([N+](=O)[O-])cc1C(=O)OCc1nc2ccccc2c(=O)n1Cc1ccco1. The lowest BCUT2D eigenvalue weighted by Crippen LogP contribution is -2.26. The Balaban J connectivity index is 1.68. The van der Waals surface area contributed by atoms with Gasteiger partial charge in [0.15, 0.2) is 5.82 Å². The van der Waals surface area contributed by atoms with Gasteiger partial charge in [0.25, 0.3) is 11.2 Å². The van der Waals surface area contributed by atoms with E-state index < -0.39 is 10.9 Å². The van der Waals surface area contributed by atoms with Crippen molar-refractivity contribution in [3.05, 3.63) is 98.5 Å². The van der Waals surface area contributed by atoms with Crippen LogP contribution in [0.25, 0.3) is 10.9 Å². The van der Waals surface area contributed by atoms with Crippen molar-refractivity contribution in [2.24, 2.45) is 0 Å². The Morgan fingerprint density at radius 3 is 2.72 bits per heavy atom. The number of para-hydroxylation sites is 1. The Morgan fingerprint density at radius 2 is 2.00 bits per heavy atom. The van der Waals surface area contributed by atoms with E-state index in [1.807, 2.05) is 0 Å². The van der Waals surface area contributed by atoms with Crippen molar-refractivity contribution in [3.8, 4) is 5.75 Å². The Kier molecular flexibility index (Phi) is 5.67. The third kappa shape index (κ3) is 4.06. The van der Waals surface area contributed by atoms with Crippen LogP contribution < -0.4 is 10.3 Å². The normalized spacial score (nSPS) is 10.8. The van der Waals surface area contributed by atoms with Crippen molar-refractivity contribution in [3.63, 3.8) is 0 Å². The van der Waals surface area contributed by atoms with E-state index in [1.54, 1.807) is 36.4 Å². The molecule has 0 spiro atoms. The largest absolute Gasteiger partial charge is 0.496 e. The summed E-state index contributed by atoms with van der Waals surface area (Å²) in [5, 5.41) is 11.5. The smallest absolute Gasteiger partial charge is 0.342 e. The lowest BCUT2D eigenvalue weighted by molar-refractivity contribution is -0.384. The van der Waals surface area contributed by atoms with Gasteiger partial charge < -0.3 is 13.9 Å². The lowest BCUT2D eigenvalue weighted by Gasteiger charge is -2.13. The number of nitrogens with zero attached hydrogens (tertiary/aromatic N) is 3. The lowest BCUT2D eigenvalue weighted by atomic mass is 10.2. The average Bonchev–Trinajstić information content (AvgIpc) is 3.32. The second-order valence-electron chi connectivity index (χ2n) is 6.73. The highest BCUT2D eigenvalue weighted by Gasteiger charge is 2.20. The number of fused-ring (bicyclic) bond motifs is 1. The van der Waals surface area contributed by atoms with E-state index in [4.69, 9.17) is 13.9 Å². The molecule has 0 fully saturated rings. The highest BCUT2D eigenvalue weighted by molar-refractivity contribution is 5.93. The van der Waals surface area contributed by atoms with E-state index in [1.165, 1.54) is 30.1 Å². The summed E-state index contributed by atoms with van der Waals surface area (Å²) in [5.74, 6) is -0.00230. The average molecular weight is 435 g/mol. The molecule has 0 amide bonds. The minimum absolute atomic E-state index is 0.0939. The van der Waals surface area contributed by atoms with Gasteiger partial charge in [-0.3, -0.25) is 19.5 Å². The number of esters is 1. The maximum absolute atomic E-state index is 13.1. The second-order valence-corrected chi connectivity index (χ2v) is 6.73. The molecule has 0 bridgehead atoms. The number of hydrogen-bond donors (Lipinski definition) is 0. The third-order valence-corrected chi connectivity index (χ3v) is 4.78. The van der Waals surface area contributed by atoms with Crippen LogP contribution in [0.1, 0.15) is 21.9 Å². The molecule has 4 aromatic rings. The van der Waals surface area contributed by atoms with E-state index in [-0.39, 0.29) is 41.5 Å². The molecule has 10 nitrogen and oxygen atoms in total. The number of non-ortho nitro benzene ring substituents is 1. The van der Waals surface area contributed by atoms with Gasteiger partial charge in [-0.25, -0.2) is 9.78 Å². The summed E-state index contributed by atoms with van der Waals surface area (Å²) >= 11 is 0. The first kappa shape index (κ1) is 20.8. The molecule has 0 aliphatic rings. The number of ether oxygens (including phenoxy) is 2. The standard InChI is InChI=1S/C22H17N3O7/c1-30-19-9-8-14(25(28)29)11-17(19)22(27)32-13-20-23-18-7-3-2-6-16(18)21(26)24(20)12-15-5-4-10-31-15/h2-11H,12-13H2,1H3. The molecule has 162 valence electrons. The first-order valence-corrected chi connectivity index (χ1v) is 9.48. The molecule has 0 radical (unpaired) electrons. The van der Waals surface area contributed by atoms with Gasteiger partial charge in [0.2, 0.25) is 0 Å². The number of benzene rings is 2. The van der Waals surface area contributed by atoms with Gasteiger partial charge in [-0.05, 0) is 30.3 Å². The number of carbonyl (C=O) groups excluding carboxylic acids is 1. The molecule has 10 heteroatoms. The Labute approximate surface area is 180 Å². The molecule has 2 aromatic heterocycles. The van der Waals surface area contributed by atoms with Crippen LogP contribution >= 0.6 is 0 Å². The molecular weight excluding hydrogens is 418 g/mol. The number of rotatable bonds is 7. The molecular formula is C22H17N3O7. The van der Waals surface area contributed by atoms with Crippen LogP contribution in [0, 0.1) is 10.1 Å². The van der Waals surface area contributed by atoms with Crippen LogP contribution in [0.2, 0.25) is 0 Å². The highest BCUT2D eigenvalue weighted by atomic mass is 16.6. The van der Waals surface area contributed by atoms with Crippen molar-refractivity contribution in [1.29, 1.82) is 0 Å². The van der Waals surface area contributed by atoms with E-state index in [0.717, 1.165) is 6.07 Å².